The molecule has 0 fully saturated rings. The Morgan fingerprint density at radius 3 is 1.86 bits per heavy atom. The van der Waals surface area contributed by atoms with Gasteiger partial charge in [-0.15, -0.1) is 0 Å². The summed E-state index contributed by atoms with van der Waals surface area (Å²) in [5.74, 6) is 0. The molecule has 0 aliphatic heterocycles. The van der Waals surface area contributed by atoms with E-state index in [1.165, 1.54) is 88.6 Å². The van der Waals surface area contributed by atoms with Crippen molar-refractivity contribution >= 4 is 38.5 Å². The molecule has 246 valence electrons. The molecule has 1 heteroatoms. The van der Waals surface area contributed by atoms with Crippen LogP contribution in [-0.4, -0.2) is 6.04 Å². The Morgan fingerprint density at radius 2 is 1.08 bits per heavy atom. The van der Waals surface area contributed by atoms with Crippen LogP contribution in [0.4, 0.5) is 11.4 Å². The van der Waals surface area contributed by atoms with Gasteiger partial charge in [0.2, 0.25) is 0 Å². The van der Waals surface area contributed by atoms with Crippen molar-refractivity contribution in [2.75, 3.05) is 4.90 Å². The second-order valence-electron chi connectivity index (χ2n) is 15.8. The molecule has 1 nitrogen and oxygen atoms in total. The maximum absolute atomic E-state index is 2.60. The fraction of sp³-hybridized carbons (Fsp3) is 0.160. The summed E-state index contributed by atoms with van der Waals surface area (Å²) in [4.78, 5) is 2.60. The van der Waals surface area contributed by atoms with Gasteiger partial charge in [0.1, 0.15) is 0 Å². The van der Waals surface area contributed by atoms with Crippen LogP contribution in [-0.2, 0) is 10.8 Å². The van der Waals surface area contributed by atoms with Gasteiger partial charge in [-0.3, -0.25) is 0 Å². The monoisotopic (exact) mass is 655 g/mol. The molecular weight excluding hydrogens is 615 g/mol. The molecule has 0 N–H and O–H groups in total. The van der Waals surface area contributed by atoms with Gasteiger partial charge in [0.25, 0.3) is 0 Å². The van der Waals surface area contributed by atoms with Crippen LogP contribution < -0.4 is 4.90 Å². The van der Waals surface area contributed by atoms with Gasteiger partial charge in [0, 0.05) is 22.2 Å². The summed E-state index contributed by atoms with van der Waals surface area (Å²) in [5.41, 5.74) is 16.1. The Hall–Kier alpha value is -5.66. The van der Waals surface area contributed by atoms with Crippen molar-refractivity contribution in [3.05, 3.63) is 186 Å². The standard InChI is InChI=1S/C50H41N/c1-49(2)45-16-10-9-15-41(45)42-25-23-39(30-47(42)49)51(38-21-19-33(20-22-38)37-18-17-32-11-5-6-12-34(32)27-37)40-24-26-43-44-28-35-13-7-8-14-36(35)29-46(44)50(3,4)48(43)31-40/h5-30,40H,31H2,1-4H3. The molecule has 0 amide bonds. The number of rotatable bonds is 4. The van der Waals surface area contributed by atoms with Crippen LogP contribution >= 0.6 is 0 Å². The van der Waals surface area contributed by atoms with E-state index < -0.39 is 0 Å². The lowest BCUT2D eigenvalue weighted by Crippen LogP contribution is -2.33. The fourth-order valence-electron chi connectivity index (χ4n) is 9.42. The number of allylic oxidation sites excluding steroid dienone is 2. The van der Waals surface area contributed by atoms with Crippen LogP contribution in [0.5, 0.6) is 0 Å². The van der Waals surface area contributed by atoms with Crippen molar-refractivity contribution in [2.24, 2.45) is 0 Å². The summed E-state index contributed by atoms with van der Waals surface area (Å²) in [5, 5.41) is 5.17. The molecule has 0 aromatic heterocycles. The van der Waals surface area contributed by atoms with Crippen LogP contribution in [0.25, 0.3) is 49.4 Å². The highest BCUT2D eigenvalue weighted by Crippen LogP contribution is 2.54. The van der Waals surface area contributed by atoms with Crippen LogP contribution in [0.15, 0.2) is 163 Å². The first-order chi connectivity index (χ1) is 24.8. The zero-order valence-electron chi connectivity index (χ0n) is 29.7. The average molecular weight is 656 g/mol. The second kappa shape index (κ2) is 10.9. The number of anilines is 2. The summed E-state index contributed by atoms with van der Waals surface area (Å²) >= 11 is 0. The zero-order valence-corrected chi connectivity index (χ0v) is 29.7. The normalized spacial score (nSPS) is 17.7. The van der Waals surface area contributed by atoms with E-state index in [1.54, 1.807) is 0 Å². The molecule has 7 aromatic rings. The molecule has 0 saturated heterocycles. The molecule has 7 aromatic carbocycles. The lowest BCUT2D eigenvalue weighted by Gasteiger charge is -2.37. The predicted octanol–water partition coefficient (Wildman–Crippen LogP) is 13.2. The van der Waals surface area contributed by atoms with Crippen molar-refractivity contribution < 1.29 is 0 Å². The Labute approximate surface area is 301 Å². The predicted molar refractivity (Wildman–Crippen MR) is 217 cm³/mol. The average Bonchev–Trinajstić information content (AvgIpc) is 3.52. The zero-order chi connectivity index (χ0) is 34.5. The Morgan fingerprint density at radius 1 is 0.471 bits per heavy atom. The van der Waals surface area contributed by atoms with Gasteiger partial charge in [0.15, 0.2) is 0 Å². The third kappa shape index (κ3) is 4.54. The molecular formula is C50H41N. The van der Waals surface area contributed by atoms with Crippen molar-refractivity contribution in [3.63, 3.8) is 0 Å². The molecule has 0 heterocycles. The smallest absolute Gasteiger partial charge is 0.0563 e. The minimum atomic E-state index is -0.0667. The number of fused-ring (bicyclic) bond motifs is 7. The van der Waals surface area contributed by atoms with Crippen molar-refractivity contribution in [1.29, 1.82) is 0 Å². The number of nitrogens with zero attached hydrogens (tertiary/aromatic N) is 1. The molecule has 1 atom stereocenters. The first-order valence-electron chi connectivity index (χ1n) is 18.4. The first kappa shape index (κ1) is 30.2. The highest BCUT2D eigenvalue weighted by atomic mass is 15.2. The second-order valence-corrected chi connectivity index (χ2v) is 15.8. The summed E-state index contributed by atoms with van der Waals surface area (Å²) in [7, 11) is 0. The molecule has 1 unspecified atom stereocenters. The summed E-state index contributed by atoms with van der Waals surface area (Å²) < 4.78 is 0. The van der Waals surface area contributed by atoms with Crippen LogP contribution in [0.2, 0.25) is 0 Å². The van der Waals surface area contributed by atoms with E-state index in [1.807, 2.05) is 0 Å². The third-order valence-corrected chi connectivity index (χ3v) is 12.2. The summed E-state index contributed by atoms with van der Waals surface area (Å²) in [6, 6.07) is 54.6. The topological polar surface area (TPSA) is 3.24 Å². The van der Waals surface area contributed by atoms with Gasteiger partial charge in [-0.1, -0.05) is 143 Å². The highest BCUT2D eigenvalue weighted by molar-refractivity contribution is 5.95. The van der Waals surface area contributed by atoms with E-state index in [0.717, 1.165) is 6.42 Å². The van der Waals surface area contributed by atoms with Gasteiger partial charge < -0.3 is 4.90 Å². The van der Waals surface area contributed by atoms with E-state index in [0.29, 0.717) is 0 Å². The molecule has 0 spiro atoms. The lowest BCUT2D eigenvalue weighted by atomic mass is 9.77. The maximum atomic E-state index is 2.60. The molecule has 51 heavy (non-hydrogen) atoms. The van der Waals surface area contributed by atoms with Gasteiger partial charge in [-0.2, -0.15) is 0 Å². The van der Waals surface area contributed by atoms with E-state index >= 15 is 0 Å². The van der Waals surface area contributed by atoms with E-state index in [-0.39, 0.29) is 16.9 Å². The molecule has 0 radical (unpaired) electrons. The minimum absolute atomic E-state index is 0.0507. The van der Waals surface area contributed by atoms with Crippen LogP contribution in [0.3, 0.4) is 0 Å². The van der Waals surface area contributed by atoms with Crippen molar-refractivity contribution in [2.45, 2.75) is 51.0 Å². The minimum Gasteiger partial charge on any atom is -0.334 e. The van der Waals surface area contributed by atoms with Gasteiger partial charge >= 0.3 is 0 Å². The fourth-order valence-corrected chi connectivity index (χ4v) is 9.42. The number of hydrogen-bond donors (Lipinski definition) is 0. The molecule has 3 aliphatic carbocycles. The summed E-state index contributed by atoms with van der Waals surface area (Å²) in [6.45, 7) is 9.61. The molecule has 3 aliphatic rings. The third-order valence-electron chi connectivity index (χ3n) is 12.2. The van der Waals surface area contributed by atoms with E-state index in [2.05, 4.69) is 190 Å². The van der Waals surface area contributed by atoms with E-state index in [4.69, 9.17) is 0 Å². The number of hydrogen-bond acceptors (Lipinski definition) is 1. The van der Waals surface area contributed by atoms with Crippen LogP contribution in [0, 0.1) is 0 Å². The molecule has 10 rings (SSSR count). The van der Waals surface area contributed by atoms with Crippen molar-refractivity contribution in [3.8, 4) is 22.3 Å². The SMILES string of the molecule is CC1(C)C2=C(C=CC(N(c3ccc(-c4ccc5ccccc5c4)cc3)c3ccc4c(c3)C(C)(C)c3ccccc3-4)C2)c2cc3ccccc3cc21. The quantitative estimate of drug-likeness (QED) is 0.182. The Bertz CT molecular complexity index is 2610. The number of benzene rings is 7. The van der Waals surface area contributed by atoms with Crippen LogP contribution in [0.1, 0.15) is 56.4 Å². The lowest BCUT2D eigenvalue weighted by molar-refractivity contribution is 0.585. The first-order valence-corrected chi connectivity index (χ1v) is 18.4. The highest BCUT2D eigenvalue weighted by Gasteiger charge is 2.41. The van der Waals surface area contributed by atoms with Gasteiger partial charge in [-0.25, -0.2) is 0 Å². The molecule has 0 bridgehead atoms. The maximum Gasteiger partial charge on any atom is 0.0563 e. The van der Waals surface area contributed by atoms with Gasteiger partial charge in [-0.05, 0) is 126 Å². The summed E-state index contributed by atoms with van der Waals surface area (Å²) in [6.07, 6.45) is 5.86. The Balaban J connectivity index is 1.08. The Kier molecular flexibility index (Phi) is 6.46. The van der Waals surface area contributed by atoms with Crippen molar-refractivity contribution in [1.82, 2.24) is 0 Å². The van der Waals surface area contributed by atoms with Gasteiger partial charge in [0.05, 0.1) is 6.04 Å². The van der Waals surface area contributed by atoms with E-state index in [9.17, 15) is 0 Å². The molecule has 0 saturated carbocycles. The largest absolute Gasteiger partial charge is 0.334 e.